The summed E-state index contributed by atoms with van der Waals surface area (Å²) in [6.45, 7) is 2.82. The molecule has 5 nitrogen and oxygen atoms in total. The van der Waals surface area contributed by atoms with Gasteiger partial charge < -0.3 is 10.6 Å². The summed E-state index contributed by atoms with van der Waals surface area (Å²) in [4.78, 5) is 39.1. The fourth-order valence-electron chi connectivity index (χ4n) is 4.23. The van der Waals surface area contributed by atoms with Crippen LogP contribution in [0.5, 0.6) is 0 Å². The lowest BCUT2D eigenvalue weighted by atomic mass is 9.90. The van der Waals surface area contributed by atoms with E-state index in [4.69, 9.17) is 11.6 Å². The number of ketones is 1. The molecule has 0 radical (unpaired) electrons. The van der Waals surface area contributed by atoms with Crippen LogP contribution in [0, 0.1) is 5.92 Å². The zero-order valence-corrected chi connectivity index (χ0v) is 22.3. The van der Waals surface area contributed by atoms with Crippen molar-refractivity contribution in [2.24, 2.45) is 5.92 Å². The highest BCUT2D eigenvalue weighted by atomic mass is 35.5. The lowest BCUT2D eigenvalue weighted by molar-refractivity contribution is -0.175. The van der Waals surface area contributed by atoms with Crippen LogP contribution in [0.15, 0.2) is 84.9 Å². The smallest absolute Gasteiger partial charge is 0.344 e. The number of carbonyl (C=O) groups excluding carboxylic acids is 3. The molecule has 0 spiro atoms. The second kappa shape index (κ2) is 13.4. The van der Waals surface area contributed by atoms with E-state index in [1.807, 2.05) is 30.3 Å². The summed E-state index contributed by atoms with van der Waals surface area (Å²) in [5.41, 5.74) is 2.18. The summed E-state index contributed by atoms with van der Waals surface area (Å²) in [6, 6.07) is 21.8. The quantitative estimate of drug-likeness (QED) is 0.319. The minimum absolute atomic E-state index is 0.0110. The van der Waals surface area contributed by atoms with E-state index in [-0.39, 0.29) is 6.42 Å². The summed E-state index contributed by atoms with van der Waals surface area (Å²) in [5, 5.41) is 5.41. The minimum atomic E-state index is -5.12. The van der Waals surface area contributed by atoms with Gasteiger partial charge in [-0.2, -0.15) is 13.2 Å². The number of rotatable bonds is 11. The predicted octanol–water partition coefficient (Wildman–Crippen LogP) is 5.67. The van der Waals surface area contributed by atoms with Crippen molar-refractivity contribution in [2.75, 3.05) is 0 Å². The Morgan fingerprint density at radius 2 is 1.33 bits per heavy atom. The molecule has 3 rings (SSSR count). The molecule has 0 saturated heterocycles. The highest BCUT2D eigenvalue weighted by molar-refractivity contribution is 6.30. The van der Waals surface area contributed by atoms with E-state index in [9.17, 15) is 27.6 Å². The van der Waals surface area contributed by atoms with E-state index in [2.05, 4.69) is 10.6 Å². The van der Waals surface area contributed by atoms with Gasteiger partial charge in [0.25, 0.3) is 5.78 Å². The predicted molar refractivity (Wildman–Crippen MR) is 144 cm³/mol. The molecule has 9 heteroatoms. The van der Waals surface area contributed by atoms with Crippen LogP contribution < -0.4 is 10.6 Å². The molecule has 2 amide bonds. The van der Waals surface area contributed by atoms with E-state index >= 15 is 0 Å². The van der Waals surface area contributed by atoms with Crippen molar-refractivity contribution in [1.82, 2.24) is 10.6 Å². The maximum Gasteiger partial charge on any atom is 0.452 e. The van der Waals surface area contributed by atoms with E-state index in [0.29, 0.717) is 22.6 Å². The molecule has 0 heterocycles. The van der Waals surface area contributed by atoms with Gasteiger partial charge in [0, 0.05) is 11.4 Å². The van der Waals surface area contributed by atoms with Gasteiger partial charge in [-0.15, -0.1) is 0 Å². The number of alkyl halides is 3. The highest BCUT2D eigenvalue weighted by Crippen LogP contribution is 2.25. The van der Waals surface area contributed by atoms with Gasteiger partial charge in [-0.3, -0.25) is 14.4 Å². The summed E-state index contributed by atoms with van der Waals surface area (Å²) in [5.74, 6) is -4.99. The molecule has 0 bridgehead atoms. The van der Waals surface area contributed by atoms with Crippen LogP contribution in [0.4, 0.5) is 13.2 Å². The zero-order chi connectivity index (χ0) is 28.6. The molecule has 0 fully saturated rings. The molecular formula is C30H30ClF3N2O3. The van der Waals surface area contributed by atoms with Crippen molar-refractivity contribution >= 4 is 29.2 Å². The van der Waals surface area contributed by atoms with Crippen LogP contribution in [0.1, 0.15) is 36.5 Å². The fourth-order valence-corrected chi connectivity index (χ4v) is 4.43. The summed E-state index contributed by atoms with van der Waals surface area (Å²) in [6.07, 6.45) is -4.81. The lowest BCUT2D eigenvalue weighted by Gasteiger charge is -2.27. The Bertz CT molecular complexity index is 1270. The lowest BCUT2D eigenvalue weighted by Crippen LogP contribution is -2.56. The normalized spacial score (nSPS) is 13.8. The summed E-state index contributed by atoms with van der Waals surface area (Å²) >= 11 is 6.19. The number of halogens is 4. The van der Waals surface area contributed by atoms with Crippen molar-refractivity contribution in [1.29, 1.82) is 0 Å². The molecule has 0 aliphatic heterocycles. The van der Waals surface area contributed by atoms with E-state index in [1.54, 1.807) is 54.6 Å². The Labute approximate surface area is 230 Å². The zero-order valence-electron chi connectivity index (χ0n) is 21.5. The van der Waals surface area contributed by atoms with Crippen LogP contribution in [0.3, 0.4) is 0 Å². The van der Waals surface area contributed by atoms with Gasteiger partial charge in [0.1, 0.15) is 6.04 Å². The second-order valence-corrected chi connectivity index (χ2v) is 10.1. The van der Waals surface area contributed by atoms with Gasteiger partial charge in [-0.1, -0.05) is 98.2 Å². The number of amides is 2. The van der Waals surface area contributed by atoms with Gasteiger partial charge in [0.2, 0.25) is 11.8 Å². The molecule has 3 atom stereocenters. The third-order valence-corrected chi connectivity index (χ3v) is 6.53. The molecule has 39 heavy (non-hydrogen) atoms. The van der Waals surface area contributed by atoms with Gasteiger partial charge in [-0.05, 0) is 41.2 Å². The highest BCUT2D eigenvalue weighted by Gasteiger charge is 2.45. The van der Waals surface area contributed by atoms with Crippen LogP contribution in [0.25, 0.3) is 0 Å². The average Bonchev–Trinajstić information content (AvgIpc) is 2.90. The van der Waals surface area contributed by atoms with Gasteiger partial charge >= 0.3 is 6.18 Å². The molecular weight excluding hydrogens is 529 g/mol. The SMILES string of the molecule is CC(C)[C@H](NC(=O)[C@H](Cc1ccccc1)NC(=O)C(Cc1ccccc1)c1cccc(Cl)c1)C(=O)C(F)(F)F. The summed E-state index contributed by atoms with van der Waals surface area (Å²) in [7, 11) is 0. The van der Waals surface area contributed by atoms with Crippen LogP contribution in [-0.2, 0) is 27.2 Å². The van der Waals surface area contributed by atoms with Crippen molar-refractivity contribution in [3.63, 3.8) is 0 Å². The topological polar surface area (TPSA) is 75.3 Å². The van der Waals surface area contributed by atoms with E-state index in [1.165, 1.54) is 13.8 Å². The Hall–Kier alpha value is -3.65. The van der Waals surface area contributed by atoms with Crippen molar-refractivity contribution in [2.45, 2.75) is 50.9 Å². The fraction of sp³-hybridized carbons (Fsp3) is 0.300. The van der Waals surface area contributed by atoms with Gasteiger partial charge in [0.05, 0.1) is 12.0 Å². The first kappa shape index (κ1) is 29.9. The van der Waals surface area contributed by atoms with Crippen molar-refractivity contribution in [3.8, 4) is 0 Å². The van der Waals surface area contributed by atoms with Crippen LogP contribution >= 0.6 is 11.6 Å². The molecule has 2 N–H and O–H groups in total. The molecule has 0 aromatic heterocycles. The van der Waals surface area contributed by atoms with Crippen molar-refractivity contribution < 1.29 is 27.6 Å². The van der Waals surface area contributed by atoms with E-state index < -0.39 is 47.7 Å². The number of nitrogens with one attached hydrogen (secondary N) is 2. The molecule has 3 aromatic carbocycles. The van der Waals surface area contributed by atoms with Gasteiger partial charge in [0.15, 0.2) is 0 Å². The maximum absolute atomic E-state index is 13.7. The van der Waals surface area contributed by atoms with Crippen LogP contribution in [0.2, 0.25) is 5.02 Å². The third kappa shape index (κ3) is 8.68. The molecule has 0 aliphatic carbocycles. The third-order valence-electron chi connectivity index (χ3n) is 6.29. The maximum atomic E-state index is 13.7. The molecule has 3 aromatic rings. The monoisotopic (exact) mass is 558 g/mol. The average molecular weight is 559 g/mol. The van der Waals surface area contributed by atoms with Crippen molar-refractivity contribution in [3.05, 3.63) is 107 Å². The molecule has 0 aliphatic rings. The largest absolute Gasteiger partial charge is 0.452 e. The first-order valence-electron chi connectivity index (χ1n) is 12.5. The minimum Gasteiger partial charge on any atom is -0.344 e. The Balaban J connectivity index is 1.92. The standard InChI is InChI=1S/C30H30ClF3N2O3/c1-19(2)26(27(37)30(32,33)34)36-29(39)25(17-21-12-7-4-8-13-21)35-28(38)24(16-20-10-5-3-6-11-20)22-14-9-15-23(31)18-22/h3-15,18-19,24-26H,16-17H2,1-2H3,(H,35,38)(H,36,39)/t24?,25-,26-/m0/s1. The molecule has 0 saturated carbocycles. The molecule has 1 unspecified atom stereocenters. The van der Waals surface area contributed by atoms with Gasteiger partial charge in [-0.25, -0.2) is 0 Å². The Morgan fingerprint density at radius 1 is 0.769 bits per heavy atom. The van der Waals surface area contributed by atoms with E-state index in [0.717, 1.165) is 5.56 Å². The van der Waals surface area contributed by atoms with Crippen LogP contribution in [-0.4, -0.2) is 35.9 Å². The first-order valence-corrected chi connectivity index (χ1v) is 12.9. The number of Topliss-reactive ketones (excluding diaryl/α,β-unsaturated/α-hetero) is 1. The molecule has 206 valence electrons. The number of hydrogen-bond donors (Lipinski definition) is 2. The Kier molecular flexibility index (Phi) is 10.3. The number of carbonyl (C=O) groups is 3. The summed E-state index contributed by atoms with van der Waals surface area (Å²) < 4.78 is 39.7. The number of benzene rings is 3. The second-order valence-electron chi connectivity index (χ2n) is 9.64. The Morgan fingerprint density at radius 3 is 1.85 bits per heavy atom. The first-order chi connectivity index (χ1) is 18.5. The number of hydrogen-bond acceptors (Lipinski definition) is 3.